The quantitative estimate of drug-likeness (QED) is 0.848. The maximum Gasteiger partial charge on any atom is 0.122 e. The Hall–Kier alpha value is -2.00. The van der Waals surface area contributed by atoms with Gasteiger partial charge in [-0.2, -0.15) is 0 Å². The summed E-state index contributed by atoms with van der Waals surface area (Å²) >= 11 is 0. The van der Waals surface area contributed by atoms with Crippen LogP contribution in [0.25, 0.3) is 0 Å². The van der Waals surface area contributed by atoms with Crippen LogP contribution in [0, 0.1) is 6.92 Å². The van der Waals surface area contributed by atoms with Crippen LogP contribution >= 0.6 is 0 Å². The molecule has 1 atom stereocenters. The molecule has 0 aliphatic heterocycles. The second-order valence-electron chi connectivity index (χ2n) is 5.46. The Bertz CT molecular complexity index is 593. The minimum Gasteiger partial charge on any atom is -0.497 e. The topological polar surface area (TPSA) is 44.5 Å². The van der Waals surface area contributed by atoms with Gasteiger partial charge in [0.05, 0.1) is 13.7 Å². The lowest BCUT2D eigenvalue weighted by Gasteiger charge is -2.20. The first-order valence-electron chi connectivity index (χ1n) is 7.74. The molecule has 3 heteroatoms. The number of ether oxygens (including phenoxy) is 2. The molecular weight excluding hydrogens is 274 g/mol. The van der Waals surface area contributed by atoms with E-state index < -0.39 is 0 Å². The van der Waals surface area contributed by atoms with E-state index in [2.05, 4.69) is 31.2 Å². The Morgan fingerprint density at radius 1 is 1.09 bits per heavy atom. The smallest absolute Gasteiger partial charge is 0.122 e. The fourth-order valence-corrected chi connectivity index (χ4v) is 2.64. The van der Waals surface area contributed by atoms with E-state index in [0.717, 1.165) is 17.9 Å². The number of methoxy groups -OCH3 is 1. The summed E-state index contributed by atoms with van der Waals surface area (Å²) in [5, 5.41) is 0. The summed E-state index contributed by atoms with van der Waals surface area (Å²) in [6.45, 7) is 5.36. The van der Waals surface area contributed by atoms with Gasteiger partial charge in [0.1, 0.15) is 11.5 Å². The maximum absolute atomic E-state index is 6.04. The highest BCUT2D eigenvalue weighted by Crippen LogP contribution is 2.30. The van der Waals surface area contributed by atoms with Crippen molar-refractivity contribution >= 4 is 0 Å². The van der Waals surface area contributed by atoms with E-state index in [9.17, 15) is 0 Å². The van der Waals surface area contributed by atoms with Crippen molar-refractivity contribution in [3.8, 4) is 11.5 Å². The van der Waals surface area contributed by atoms with Crippen molar-refractivity contribution in [1.29, 1.82) is 0 Å². The third-order valence-electron chi connectivity index (χ3n) is 3.83. The molecular formula is C19H25NO2. The van der Waals surface area contributed by atoms with Crippen LogP contribution in [0.2, 0.25) is 0 Å². The minimum atomic E-state index is 0.245. The Morgan fingerprint density at radius 3 is 2.41 bits per heavy atom. The molecule has 3 nitrogen and oxygen atoms in total. The molecule has 0 bridgehead atoms. The van der Waals surface area contributed by atoms with Crippen LogP contribution in [0.5, 0.6) is 11.5 Å². The Morgan fingerprint density at radius 2 is 1.82 bits per heavy atom. The Balaban J connectivity index is 2.25. The lowest BCUT2D eigenvalue weighted by Crippen LogP contribution is -2.16. The molecule has 0 saturated carbocycles. The van der Waals surface area contributed by atoms with E-state index in [1.165, 1.54) is 16.7 Å². The molecule has 22 heavy (non-hydrogen) atoms. The van der Waals surface area contributed by atoms with E-state index in [1.807, 2.05) is 25.1 Å². The van der Waals surface area contributed by atoms with Gasteiger partial charge in [-0.05, 0) is 56.1 Å². The molecule has 0 aliphatic carbocycles. The lowest BCUT2D eigenvalue weighted by atomic mass is 9.90. The SMILES string of the molecule is CCOc1ccc(C)cc1C(CN)Cc1ccc(OC)cc1. The highest BCUT2D eigenvalue weighted by molar-refractivity contribution is 5.41. The van der Waals surface area contributed by atoms with Crippen molar-refractivity contribution in [3.05, 3.63) is 59.2 Å². The highest BCUT2D eigenvalue weighted by atomic mass is 16.5. The molecule has 2 aromatic rings. The molecule has 2 aromatic carbocycles. The third kappa shape index (κ3) is 4.01. The van der Waals surface area contributed by atoms with Gasteiger partial charge < -0.3 is 15.2 Å². The van der Waals surface area contributed by atoms with Gasteiger partial charge in [0.2, 0.25) is 0 Å². The van der Waals surface area contributed by atoms with Crippen LogP contribution in [0.1, 0.15) is 29.5 Å². The van der Waals surface area contributed by atoms with E-state index in [0.29, 0.717) is 13.2 Å². The molecule has 2 N–H and O–H groups in total. The number of hydrogen-bond donors (Lipinski definition) is 1. The predicted octanol–water partition coefficient (Wildman–Crippen LogP) is 3.69. The lowest BCUT2D eigenvalue weighted by molar-refractivity contribution is 0.334. The van der Waals surface area contributed by atoms with Crippen LogP contribution in [-0.4, -0.2) is 20.3 Å². The van der Waals surface area contributed by atoms with Gasteiger partial charge in [-0.15, -0.1) is 0 Å². The molecule has 0 heterocycles. The summed E-state index contributed by atoms with van der Waals surface area (Å²) in [4.78, 5) is 0. The second-order valence-corrected chi connectivity index (χ2v) is 5.46. The fraction of sp³-hybridized carbons (Fsp3) is 0.368. The highest BCUT2D eigenvalue weighted by Gasteiger charge is 2.16. The predicted molar refractivity (Wildman–Crippen MR) is 90.8 cm³/mol. The molecule has 0 radical (unpaired) electrons. The summed E-state index contributed by atoms with van der Waals surface area (Å²) in [6, 6.07) is 14.5. The standard InChI is InChI=1S/C19H25NO2/c1-4-22-19-10-5-14(2)11-18(19)16(13-20)12-15-6-8-17(21-3)9-7-15/h5-11,16H,4,12-13,20H2,1-3H3. The zero-order chi connectivity index (χ0) is 15.9. The first kappa shape index (κ1) is 16.4. The van der Waals surface area contributed by atoms with E-state index in [1.54, 1.807) is 7.11 Å². The van der Waals surface area contributed by atoms with Gasteiger partial charge in [0.25, 0.3) is 0 Å². The summed E-state index contributed by atoms with van der Waals surface area (Å²) in [5.74, 6) is 2.06. The van der Waals surface area contributed by atoms with Crippen molar-refractivity contribution in [2.24, 2.45) is 5.73 Å². The molecule has 2 rings (SSSR count). The van der Waals surface area contributed by atoms with Gasteiger partial charge >= 0.3 is 0 Å². The van der Waals surface area contributed by atoms with E-state index in [-0.39, 0.29) is 5.92 Å². The average Bonchev–Trinajstić information content (AvgIpc) is 2.55. The first-order valence-corrected chi connectivity index (χ1v) is 7.74. The van der Waals surface area contributed by atoms with Crippen molar-refractivity contribution in [2.75, 3.05) is 20.3 Å². The summed E-state index contributed by atoms with van der Waals surface area (Å²) in [7, 11) is 1.68. The zero-order valence-corrected chi connectivity index (χ0v) is 13.6. The van der Waals surface area contributed by atoms with Crippen molar-refractivity contribution in [2.45, 2.75) is 26.2 Å². The van der Waals surface area contributed by atoms with E-state index >= 15 is 0 Å². The Kier molecular flexibility index (Phi) is 5.84. The Labute approximate surface area is 133 Å². The number of hydrogen-bond acceptors (Lipinski definition) is 3. The summed E-state index contributed by atoms with van der Waals surface area (Å²) in [5.41, 5.74) is 9.72. The van der Waals surface area contributed by atoms with Crippen LogP contribution in [0.4, 0.5) is 0 Å². The third-order valence-corrected chi connectivity index (χ3v) is 3.83. The van der Waals surface area contributed by atoms with Crippen LogP contribution < -0.4 is 15.2 Å². The number of aryl methyl sites for hydroxylation is 1. The van der Waals surface area contributed by atoms with Crippen molar-refractivity contribution in [1.82, 2.24) is 0 Å². The van der Waals surface area contributed by atoms with Gasteiger partial charge in [0.15, 0.2) is 0 Å². The van der Waals surface area contributed by atoms with Crippen LogP contribution in [0.3, 0.4) is 0 Å². The fourth-order valence-electron chi connectivity index (χ4n) is 2.64. The largest absolute Gasteiger partial charge is 0.497 e. The molecule has 1 unspecified atom stereocenters. The maximum atomic E-state index is 6.04. The summed E-state index contributed by atoms with van der Waals surface area (Å²) in [6.07, 6.45) is 0.893. The average molecular weight is 299 g/mol. The molecule has 0 spiro atoms. The van der Waals surface area contributed by atoms with Crippen molar-refractivity contribution < 1.29 is 9.47 Å². The van der Waals surface area contributed by atoms with Crippen molar-refractivity contribution in [3.63, 3.8) is 0 Å². The normalized spacial score (nSPS) is 12.0. The van der Waals surface area contributed by atoms with E-state index in [4.69, 9.17) is 15.2 Å². The zero-order valence-electron chi connectivity index (χ0n) is 13.6. The number of benzene rings is 2. The minimum absolute atomic E-state index is 0.245. The second kappa shape index (κ2) is 7.85. The molecule has 0 aliphatic rings. The number of rotatable bonds is 7. The molecule has 0 saturated heterocycles. The monoisotopic (exact) mass is 299 g/mol. The van der Waals surface area contributed by atoms with Crippen LogP contribution in [0.15, 0.2) is 42.5 Å². The molecule has 0 fully saturated rings. The van der Waals surface area contributed by atoms with Gasteiger partial charge in [-0.25, -0.2) is 0 Å². The summed E-state index contributed by atoms with van der Waals surface area (Å²) < 4.78 is 11.0. The van der Waals surface area contributed by atoms with Gasteiger partial charge in [0, 0.05) is 5.92 Å². The first-order chi connectivity index (χ1) is 10.7. The number of nitrogens with two attached hydrogens (primary N) is 1. The molecule has 0 amide bonds. The van der Waals surface area contributed by atoms with Crippen LogP contribution in [-0.2, 0) is 6.42 Å². The molecule has 0 aromatic heterocycles. The van der Waals surface area contributed by atoms with Gasteiger partial charge in [-0.3, -0.25) is 0 Å². The molecule has 118 valence electrons. The van der Waals surface area contributed by atoms with Gasteiger partial charge in [-0.1, -0.05) is 29.8 Å².